The molecule has 0 N–H and O–H groups in total. The molecule has 1 fully saturated rings. The van der Waals surface area contributed by atoms with Gasteiger partial charge in [-0.1, -0.05) is 23.7 Å². The second-order valence-corrected chi connectivity index (χ2v) is 6.60. The minimum Gasteiger partial charge on any atom is -0.211 e. The molecule has 0 spiro atoms. The molecule has 1 saturated heterocycles. The topological polar surface area (TPSA) is 66.8 Å². The SMILES string of the molecule is O=C=NC1CCN(S(=O)(=O)c2ccccc2Cl)CC1. The van der Waals surface area contributed by atoms with E-state index in [4.69, 9.17) is 11.6 Å². The number of carbonyl (C=O) groups excluding carboxylic acids is 1. The quantitative estimate of drug-likeness (QED) is 0.632. The van der Waals surface area contributed by atoms with E-state index in [1.807, 2.05) is 0 Å². The highest BCUT2D eigenvalue weighted by atomic mass is 35.5. The van der Waals surface area contributed by atoms with Gasteiger partial charge in [-0.25, -0.2) is 18.2 Å². The number of sulfonamides is 1. The summed E-state index contributed by atoms with van der Waals surface area (Å²) in [5.41, 5.74) is 0. The highest BCUT2D eigenvalue weighted by Gasteiger charge is 2.30. The zero-order valence-electron chi connectivity index (χ0n) is 10.1. The number of piperidine rings is 1. The molecular formula is C12H13ClN2O3S. The fourth-order valence-electron chi connectivity index (χ4n) is 2.08. The van der Waals surface area contributed by atoms with Crippen LogP contribution in [0.4, 0.5) is 0 Å². The Bertz CT molecular complexity index is 603. The van der Waals surface area contributed by atoms with E-state index in [1.165, 1.54) is 16.5 Å². The van der Waals surface area contributed by atoms with Crippen molar-refractivity contribution in [3.63, 3.8) is 0 Å². The molecule has 5 nitrogen and oxygen atoms in total. The number of benzene rings is 1. The summed E-state index contributed by atoms with van der Waals surface area (Å²) in [5.74, 6) is 0. The van der Waals surface area contributed by atoms with Gasteiger partial charge >= 0.3 is 0 Å². The van der Waals surface area contributed by atoms with Crippen LogP contribution in [0.3, 0.4) is 0 Å². The van der Waals surface area contributed by atoms with Gasteiger partial charge < -0.3 is 0 Å². The molecule has 0 amide bonds. The molecule has 0 unspecified atom stereocenters. The Labute approximate surface area is 116 Å². The second-order valence-electron chi connectivity index (χ2n) is 4.29. The normalized spacial score (nSPS) is 17.9. The highest BCUT2D eigenvalue weighted by Crippen LogP contribution is 2.26. The van der Waals surface area contributed by atoms with Gasteiger partial charge in [0.15, 0.2) is 0 Å². The van der Waals surface area contributed by atoms with E-state index in [2.05, 4.69) is 4.99 Å². The van der Waals surface area contributed by atoms with E-state index in [0.717, 1.165) is 0 Å². The molecule has 7 heteroatoms. The van der Waals surface area contributed by atoms with Gasteiger partial charge in [0.05, 0.1) is 11.1 Å². The molecule has 0 saturated carbocycles. The molecule has 1 aromatic rings. The largest absolute Gasteiger partial charge is 0.244 e. The van der Waals surface area contributed by atoms with Gasteiger partial charge in [-0.2, -0.15) is 4.31 Å². The standard InChI is InChI=1S/C12H13ClN2O3S/c13-11-3-1-2-4-12(11)19(17,18)15-7-5-10(6-8-15)14-9-16/h1-4,10H,5-8H2. The number of hydrogen-bond acceptors (Lipinski definition) is 4. The van der Waals surface area contributed by atoms with Crippen LogP contribution in [-0.2, 0) is 14.8 Å². The minimum absolute atomic E-state index is 0.119. The molecule has 1 aliphatic rings. The van der Waals surface area contributed by atoms with E-state index in [9.17, 15) is 13.2 Å². The van der Waals surface area contributed by atoms with Crippen molar-refractivity contribution in [3.8, 4) is 0 Å². The lowest BCUT2D eigenvalue weighted by Crippen LogP contribution is -2.39. The highest BCUT2D eigenvalue weighted by molar-refractivity contribution is 7.89. The molecule has 2 rings (SSSR count). The summed E-state index contributed by atoms with van der Waals surface area (Å²) < 4.78 is 26.2. The minimum atomic E-state index is -3.57. The molecule has 19 heavy (non-hydrogen) atoms. The van der Waals surface area contributed by atoms with Crippen LogP contribution < -0.4 is 0 Å². The van der Waals surface area contributed by atoms with Gasteiger partial charge in [0, 0.05) is 13.1 Å². The molecule has 0 radical (unpaired) electrons. The average Bonchev–Trinajstić information content (AvgIpc) is 2.40. The van der Waals surface area contributed by atoms with Crippen LogP contribution in [0, 0.1) is 0 Å². The maximum Gasteiger partial charge on any atom is 0.244 e. The van der Waals surface area contributed by atoms with Crippen molar-refractivity contribution in [2.45, 2.75) is 23.8 Å². The summed E-state index contributed by atoms with van der Waals surface area (Å²) in [6.07, 6.45) is 2.57. The number of nitrogens with zero attached hydrogens (tertiary/aromatic N) is 2. The van der Waals surface area contributed by atoms with E-state index >= 15 is 0 Å². The Morgan fingerprint density at radius 1 is 1.26 bits per heavy atom. The lowest BCUT2D eigenvalue weighted by atomic mass is 10.1. The summed E-state index contributed by atoms with van der Waals surface area (Å²) in [6, 6.07) is 6.25. The maximum absolute atomic E-state index is 12.4. The van der Waals surface area contributed by atoms with Crippen molar-refractivity contribution < 1.29 is 13.2 Å². The van der Waals surface area contributed by atoms with E-state index in [0.29, 0.717) is 25.9 Å². The van der Waals surface area contributed by atoms with Gasteiger partial charge in [-0.05, 0) is 25.0 Å². The first-order valence-electron chi connectivity index (χ1n) is 5.87. The smallest absolute Gasteiger partial charge is 0.211 e. The van der Waals surface area contributed by atoms with Gasteiger partial charge in [-0.3, -0.25) is 0 Å². The fourth-order valence-corrected chi connectivity index (χ4v) is 4.04. The number of isocyanates is 1. The van der Waals surface area contributed by atoms with Crippen LogP contribution in [0.2, 0.25) is 5.02 Å². The third kappa shape index (κ3) is 3.04. The van der Waals surface area contributed by atoms with Crippen LogP contribution in [0.1, 0.15) is 12.8 Å². The van der Waals surface area contributed by atoms with Crippen LogP contribution in [-0.4, -0.2) is 37.9 Å². The molecule has 0 bridgehead atoms. The van der Waals surface area contributed by atoms with E-state index < -0.39 is 10.0 Å². The molecule has 0 atom stereocenters. The Hall–Kier alpha value is -1.20. The fraction of sp³-hybridized carbons (Fsp3) is 0.417. The van der Waals surface area contributed by atoms with Crippen molar-refractivity contribution in [3.05, 3.63) is 29.3 Å². The summed E-state index contributed by atoms with van der Waals surface area (Å²) in [6.45, 7) is 0.673. The van der Waals surface area contributed by atoms with Crippen LogP contribution >= 0.6 is 11.6 Å². The van der Waals surface area contributed by atoms with Crippen molar-refractivity contribution >= 4 is 27.7 Å². The van der Waals surface area contributed by atoms with Gasteiger partial charge in [0.2, 0.25) is 16.1 Å². The third-order valence-corrected chi connectivity index (χ3v) is 5.51. The molecule has 1 aliphatic heterocycles. The molecule has 0 aliphatic carbocycles. The Kier molecular flexibility index (Phi) is 4.37. The van der Waals surface area contributed by atoms with Crippen molar-refractivity contribution in [1.82, 2.24) is 4.31 Å². The summed E-state index contributed by atoms with van der Waals surface area (Å²) in [5, 5.41) is 0.218. The molecular weight excluding hydrogens is 288 g/mol. The predicted octanol–water partition coefficient (Wildman–Crippen LogP) is 1.83. The predicted molar refractivity (Wildman–Crippen MR) is 71.4 cm³/mol. The van der Waals surface area contributed by atoms with Gasteiger partial charge in [0.1, 0.15) is 4.90 Å². The number of halogens is 1. The average molecular weight is 301 g/mol. The van der Waals surface area contributed by atoms with Gasteiger partial charge in [-0.15, -0.1) is 0 Å². The first-order valence-corrected chi connectivity index (χ1v) is 7.69. The van der Waals surface area contributed by atoms with E-state index in [-0.39, 0.29) is 16.0 Å². The summed E-state index contributed by atoms with van der Waals surface area (Å²) in [4.78, 5) is 13.9. The van der Waals surface area contributed by atoms with Crippen LogP contribution in [0.15, 0.2) is 34.2 Å². The third-order valence-electron chi connectivity index (χ3n) is 3.11. The molecule has 0 aromatic heterocycles. The summed E-state index contributed by atoms with van der Waals surface area (Å²) in [7, 11) is -3.57. The summed E-state index contributed by atoms with van der Waals surface area (Å²) >= 11 is 5.93. The zero-order chi connectivity index (χ0) is 13.9. The molecule has 102 valence electrons. The van der Waals surface area contributed by atoms with Crippen LogP contribution in [0.25, 0.3) is 0 Å². The van der Waals surface area contributed by atoms with Crippen LogP contribution in [0.5, 0.6) is 0 Å². The van der Waals surface area contributed by atoms with Crippen molar-refractivity contribution in [1.29, 1.82) is 0 Å². The van der Waals surface area contributed by atoms with Gasteiger partial charge in [0.25, 0.3) is 0 Å². The Balaban J connectivity index is 2.19. The zero-order valence-corrected chi connectivity index (χ0v) is 11.7. The Morgan fingerprint density at radius 2 is 1.89 bits per heavy atom. The lowest BCUT2D eigenvalue weighted by Gasteiger charge is -2.29. The first kappa shape index (κ1) is 14.2. The number of hydrogen-bond donors (Lipinski definition) is 0. The second kappa shape index (κ2) is 5.84. The van der Waals surface area contributed by atoms with Crippen molar-refractivity contribution in [2.75, 3.05) is 13.1 Å². The molecule has 1 aromatic carbocycles. The van der Waals surface area contributed by atoms with Crippen molar-refractivity contribution in [2.24, 2.45) is 4.99 Å². The van der Waals surface area contributed by atoms with E-state index in [1.54, 1.807) is 18.2 Å². The number of rotatable bonds is 3. The maximum atomic E-state index is 12.4. The first-order chi connectivity index (χ1) is 9.05. The Morgan fingerprint density at radius 3 is 2.47 bits per heavy atom. The number of aliphatic imine (C=N–C) groups is 1. The lowest BCUT2D eigenvalue weighted by molar-refractivity contribution is 0.320. The molecule has 1 heterocycles. The monoisotopic (exact) mass is 300 g/mol.